The molecule has 3 rings (SSSR count). The van der Waals surface area contributed by atoms with Gasteiger partial charge in [0, 0.05) is 0 Å². The Morgan fingerprint density at radius 1 is 0.955 bits per heavy atom. The van der Waals surface area contributed by atoms with E-state index in [2.05, 4.69) is 9.97 Å². The molecule has 0 unspecified atom stereocenters. The van der Waals surface area contributed by atoms with E-state index in [4.69, 9.17) is 4.74 Å². The SMILES string of the molecule is COc1ccc(C)cc1N1C(=O)c2nc(C)c(C)nc2C1=O. The Bertz CT molecular complexity index is 774. The van der Waals surface area contributed by atoms with Crippen LogP contribution in [-0.2, 0) is 0 Å². The van der Waals surface area contributed by atoms with Crippen molar-refractivity contribution in [3.63, 3.8) is 0 Å². The lowest BCUT2D eigenvalue weighted by atomic mass is 10.2. The maximum Gasteiger partial charge on any atom is 0.286 e. The van der Waals surface area contributed by atoms with E-state index >= 15 is 0 Å². The molecule has 22 heavy (non-hydrogen) atoms. The summed E-state index contributed by atoms with van der Waals surface area (Å²) in [4.78, 5) is 34.7. The fourth-order valence-electron chi connectivity index (χ4n) is 2.40. The second-order valence-corrected chi connectivity index (χ2v) is 5.21. The van der Waals surface area contributed by atoms with Crippen molar-refractivity contribution in [3.05, 3.63) is 46.5 Å². The van der Waals surface area contributed by atoms with Crippen LogP contribution in [0.3, 0.4) is 0 Å². The van der Waals surface area contributed by atoms with Crippen molar-refractivity contribution < 1.29 is 14.3 Å². The van der Waals surface area contributed by atoms with Crippen molar-refractivity contribution in [3.8, 4) is 5.75 Å². The van der Waals surface area contributed by atoms with Crippen LogP contribution in [0.1, 0.15) is 37.9 Å². The Balaban J connectivity index is 2.18. The number of ether oxygens (including phenoxy) is 1. The van der Waals surface area contributed by atoms with Gasteiger partial charge in [-0.1, -0.05) is 6.07 Å². The van der Waals surface area contributed by atoms with Gasteiger partial charge in [-0.05, 0) is 38.5 Å². The fourth-order valence-corrected chi connectivity index (χ4v) is 2.40. The molecule has 6 nitrogen and oxygen atoms in total. The molecule has 0 atom stereocenters. The molecule has 0 N–H and O–H groups in total. The van der Waals surface area contributed by atoms with Gasteiger partial charge in [0.05, 0.1) is 24.2 Å². The third-order valence-electron chi connectivity index (χ3n) is 3.69. The summed E-state index contributed by atoms with van der Waals surface area (Å²) in [7, 11) is 1.50. The number of amides is 2. The van der Waals surface area contributed by atoms with Gasteiger partial charge >= 0.3 is 0 Å². The van der Waals surface area contributed by atoms with Crippen LogP contribution in [-0.4, -0.2) is 28.9 Å². The van der Waals surface area contributed by atoms with Crippen molar-refractivity contribution in [2.75, 3.05) is 12.0 Å². The first-order valence-corrected chi connectivity index (χ1v) is 6.82. The Kier molecular flexibility index (Phi) is 3.16. The van der Waals surface area contributed by atoms with Gasteiger partial charge in [0.2, 0.25) is 0 Å². The van der Waals surface area contributed by atoms with Crippen LogP contribution in [0.2, 0.25) is 0 Å². The van der Waals surface area contributed by atoms with E-state index in [9.17, 15) is 9.59 Å². The van der Waals surface area contributed by atoms with E-state index in [0.717, 1.165) is 10.5 Å². The number of aromatic nitrogens is 2. The van der Waals surface area contributed by atoms with Gasteiger partial charge in [-0.15, -0.1) is 0 Å². The molecule has 0 saturated carbocycles. The average Bonchev–Trinajstić information content (AvgIpc) is 2.71. The molecule has 2 aromatic rings. The quantitative estimate of drug-likeness (QED) is 0.795. The normalized spacial score (nSPS) is 13.5. The van der Waals surface area contributed by atoms with Crippen molar-refractivity contribution in [2.45, 2.75) is 20.8 Å². The Morgan fingerprint density at radius 3 is 2.00 bits per heavy atom. The van der Waals surface area contributed by atoms with Crippen LogP contribution < -0.4 is 9.64 Å². The van der Waals surface area contributed by atoms with Crippen molar-refractivity contribution in [1.82, 2.24) is 9.97 Å². The first kappa shape index (κ1) is 14.2. The number of carbonyl (C=O) groups excluding carboxylic acids is 2. The van der Waals surface area contributed by atoms with Gasteiger partial charge in [-0.2, -0.15) is 0 Å². The van der Waals surface area contributed by atoms with Crippen LogP contribution in [0.15, 0.2) is 18.2 Å². The molecule has 0 aliphatic carbocycles. The van der Waals surface area contributed by atoms with Crippen molar-refractivity contribution in [2.24, 2.45) is 0 Å². The standard InChI is InChI=1S/C16H15N3O3/c1-8-5-6-12(22-4)11(7-8)19-15(20)13-14(16(19)21)18-10(3)9(2)17-13/h5-7H,1-4H3. The van der Waals surface area contributed by atoms with Crippen LogP contribution in [0.25, 0.3) is 0 Å². The van der Waals surface area contributed by atoms with Crippen molar-refractivity contribution in [1.29, 1.82) is 0 Å². The molecule has 112 valence electrons. The van der Waals surface area contributed by atoms with Gasteiger partial charge in [0.1, 0.15) is 5.75 Å². The molecule has 0 saturated heterocycles. The maximum absolute atomic E-state index is 12.6. The molecule has 0 radical (unpaired) electrons. The largest absolute Gasteiger partial charge is 0.495 e. The van der Waals surface area contributed by atoms with Crippen LogP contribution >= 0.6 is 0 Å². The number of hydrogen-bond acceptors (Lipinski definition) is 5. The van der Waals surface area contributed by atoms with E-state index in [1.54, 1.807) is 26.0 Å². The van der Waals surface area contributed by atoms with Crippen LogP contribution in [0.5, 0.6) is 5.75 Å². The highest BCUT2D eigenvalue weighted by atomic mass is 16.5. The van der Waals surface area contributed by atoms with Crippen LogP contribution in [0, 0.1) is 20.8 Å². The summed E-state index contributed by atoms with van der Waals surface area (Å²) in [6.45, 7) is 5.40. The molecular formula is C16H15N3O3. The Labute approximate surface area is 127 Å². The topological polar surface area (TPSA) is 72.4 Å². The summed E-state index contributed by atoms with van der Waals surface area (Å²) < 4.78 is 5.27. The van der Waals surface area contributed by atoms with Crippen LogP contribution in [0.4, 0.5) is 5.69 Å². The molecule has 1 aromatic heterocycles. The minimum Gasteiger partial charge on any atom is -0.495 e. The zero-order chi connectivity index (χ0) is 16.0. The maximum atomic E-state index is 12.6. The molecule has 6 heteroatoms. The summed E-state index contributed by atoms with van der Waals surface area (Å²) in [5.74, 6) is -0.493. The molecule has 1 aliphatic heterocycles. The average molecular weight is 297 g/mol. The van der Waals surface area contributed by atoms with E-state index in [0.29, 0.717) is 22.8 Å². The van der Waals surface area contributed by atoms with Gasteiger partial charge in [0.25, 0.3) is 11.8 Å². The zero-order valence-electron chi connectivity index (χ0n) is 12.8. The summed E-state index contributed by atoms with van der Waals surface area (Å²) in [5, 5.41) is 0. The monoisotopic (exact) mass is 297 g/mol. The molecule has 0 bridgehead atoms. The number of anilines is 1. The number of benzene rings is 1. The molecule has 0 fully saturated rings. The molecular weight excluding hydrogens is 282 g/mol. The van der Waals surface area contributed by atoms with E-state index in [1.807, 2.05) is 13.0 Å². The highest BCUT2D eigenvalue weighted by Crippen LogP contribution is 2.34. The van der Waals surface area contributed by atoms with E-state index in [-0.39, 0.29) is 11.4 Å². The molecule has 1 aromatic carbocycles. The first-order chi connectivity index (χ1) is 10.4. The number of nitrogens with zero attached hydrogens (tertiary/aromatic N) is 3. The predicted octanol–water partition coefficient (Wildman–Crippen LogP) is 2.21. The number of carbonyl (C=O) groups is 2. The van der Waals surface area contributed by atoms with E-state index < -0.39 is 11.8 Å². The summed E-state index contributed by atoms with van der Waals surface area (Å²) in [6.07, 6.45) is 0. The molecule has 2 heterocycles. The highest BCUT2D eigenvalue weighted by Gasteiger charge is 2.41. The fraction of sp³-hybridized carbons (Fsp3) is 0.250. The minimum absolute atomic E-state index is 0.0941. The van der Waals surface area contributed by atoms with E-state index in [1.165, 1.54) is 7.11 Å². The van der Waals surface area contributed by atoms with Gasteiger partial charge in [0.15, 0.2) is 11.4 Å². The van der Waals surface area contributed by atoms with Crippen molar-refractivity contribution >= 4 is 17.5 Å². The summed E-state index contributed by atoms with van der Waals surface area (Å²) >= 11 is 0. The number of methoxy groups -OCH3 is 1. The third kappa shape index (κ3) is 1.95. The summed E-state index contributed by atoms with van der Waals surface area (Å²) in [6, 6.07) is 5.32. The highest BCUT2D eigenvalue weighted by molar-refractivity contribution is 6.33. The third-order valence-corrected chi connectivity index (χ3v) is 3.69. The lowest BCUT2D eigenvalue weighted by Crippen LogP contribution is -2.30. The van der Waals surface area contributed by atoms with Gasteiger partial charge in [-0.25, -0.2) is 14.9 Å². The second kappa shape index (κ2) is 4.91. The summed E-state index contributed by atoms with van der Waals surface area (Å²) in [5.41, 5.74) is 2.79. The predicted molar refractivity (Wildman–Crippen MR) is 80.4 cm³/mol. The number of rotatable bonds is 2. The van der Waals surface area contributed by atoms with Gasteiger partial charge < -0.3 is 4.74 Å². The molecule has 2 amide bonds. The van der Waals surface area contributed by atoms with Gasteiger partial charge in [-0.3, -0.25) is 9.59 Å². The minimum atomic E-state index is -0.473. The number of imide groups is 1. The second-order valence-electron chi connectivity index (χ2n) is 5.21. The lowest BCUT2D eigenvalue weighted by Gasteiger charge is -2.17. The smallest absolute Gasteiger partial charge is 0.286 e. The number of fused-ring (bicyclic) bond motifs is 1. The number of hydrogen-bond donors (Lipinski definition) is 0. The lowest BCUT2D eigenvalue weighted by molar-refractivity contribution is 0.0922. The Hall–Kier alpha value is -2.76. The zero-order valence-corrected chi connectivity index (χ0v) is 12.8. The molecule has 1 aliphatic rings. The first-order valence-electron chi connectivity index (χ1n) is 6.82. The molecule has 0 spiro atoms. The number of aryl methyl sites for hydroxylation is 3. The Morgan fingerprint density at radius 2 is 1.50 bits per heavy atom.